The van der Waals surface area contributed by atoms with Gasteiger partial charge in [0.15, 0.2) is 0 Å². The number of hydrogen-bond donors (Lipinski definition) is 0. The molecule has 0 spiro atoms. The van der Waals surface area contributed by atoms with Crippen molar-refractivity contribution in [2.24, 2.45) is 0 Å². The predicted octanol–water partition coefficient (Wildman–Crippen LogP) is 16.8. The van der Waals surface area contributed by atoms with Crippen LogP contribution in [-0.2, 0) is 10.8 Å². The van der Waals surface area contributed by atoms with Crippen LogP contribution in [-0.4, -0.2) is 6.71 Å². The SMILES string of the molecule is CCC(C)(C)c1ccc2c(c1)B1c3c(cccc3N(c3cccc4c5ccccc5c5ccccc5c34)c3oc4ccc(C(C)(C)CC)cc4c31)N2c1ccc2c3ccccc3c3ccccc3c2c1. The lowest BCUT2D eigenvalue weighted by molar-refractivity contribution is 0.506. The van der Waals surface area contributed by atoms with Crippen LogP contribution >= 0.6 is 0 Å². The average Bonchev–Trinajstić information content (AvgIpc) is 3.79. The molecule has 0 bridgehead atoms. The van der Waals surface area contributed by atoms with Gasteiger partial charge in [-0.15, -0.1) is 0 Å². The number of furan rings is 1. The van der Waals surface area contributed by atoms with E-state index in [1.54, 1.807) is 0 Å². The molecule has 0 aliphatic carbocycles. The maximum atomic E-state index is 7.44. The summed E-state index contributed by atoms with van der Waals surface area (Å²) in [5, 5.41) is 16.3. The summed E-state index contributed by atoms with van der Waals surface area (Å²) in [7, 11) is 0. The summed E-state index contributed by atoms with van der Waals surface area (Å²) < 4.78 is 7.44. The lowest BCUT2D eigenvalue weighted by Crippen LogP contribution is -2.61. The van der Waals surface area contributed by atoms with E-state index in [9.17, 15) is 0 Å². The predicted molar refractivity (Wildman–Crippen MR) is 302 cm³/mol. The van der Waals surface area contributed by atoms with Gasteiger partial charge in [0.25, 0.3) is 6.71 Å². The third-order valence-corrected chi connectivity index (χ3v) is 16.9. The molecular weight excluding hydrogens is 848 g/mol. The molecule has 0 atom stereocenters. The Labute approximate surface area is 409 Å². The number of hydrogen-bond acceptors (Lipinski definition) is 3. The first-order chi connectivity index (χ1) is 34.1. The normalized spacial score (nSPS) is 13.6. The summed E-state index contributed by atoms with van der Waals surface area (Å²) in [5.74, 6) is 0.893. The van der Waals surface area contributed by atoms with E-state index in [1.165, 1.54) is 109 Å². The fourth-order valence-electron chi connectivity index (χ4n) is 12.4. The highest BCUT2D eigenvalue weighted by molar-refractivity contribution is 7.01. The van der Waals surface area contributed by atoms with Gasteiger partial charge >= 0.3 is 0 Å². The lowest BCUT2D eigenvalue weighted by Gasteiger charge is -2.43. The molecule has 1 aromatic heterocycles. The van der Waals surface area contributed by atoms with Crippen LogP contribution in [0.2, 0.25) is 0 Å². The molecule has 336 valence electrons. The topological polar surface area (TPSA) is 19.6 Å². The van der Waals surface area contributed by atoms with Crippen LogP contribution in [0.1, 0.15) is 65.5 Å². The summed E-state index contributed by atoms with van der Waals surface area (Å²) in [4.78, 5) is 5.06. The van der Waals surface area contributed by atoms with Gasteiger partial charge < -0.3 is 9.32 Å². The zero-order valence-electron chi connectivity index (χ0n) is 40.7. The van der Waals surface area contributed by atoms with Crippen LogP contribution in [0.4, 0.5) is 34.3 Å². The van der Waals surface area contributed by atoms with Crippen molar-refractivity contribution in [3.63, 3.8) is 0 Å². The molecule has 0 amide bonds. The summed E-state index contributed by atoms with van der Waals surface area (Å²) in [5.41, 5.74) is 13.2. The van der Waals surface area contributed by atoms with Gasteiger partial charge in [0.1, 0.15) is 5.58 Å². The fourth-order valence-corrected chi connectivity index (χ4v) is 12.4. The summed E-state index contributed by atoms with van der Waals surface area (Å²) >= 11 is 0. The second-order valence-electron chi connectivity index (χ2n) is 21.2. The number of nitrogens with zero attached hydrogens (tertiary/aromatic N) is 2. The zero-order chi connectivity index (χ0) is 47.2. The largest absolute Gasteiger partial charge is 0.440 e. The molecule has 0 radical (unpaired) electrons. The van der Waals surface area contributed by atoms with Crippen molar-refractivity contribution in [2.75, 3.05) is 9.80 Å². The Morgan fingerprint density at radius 2 is 0.857 bits per heavy atom. The maximum Gasteiger partial charge on any atom is 0.257 e. The van der Waals surface area contributed by atoms with Crippen LogP contribution in [0, 0.1) is 0 Å². The van der Waals surface area contributed by atoms with Crippen molar-refractivity contribution in [2.45, 2.75) is 65.2 Å². The standard InChI is InChI=1S/C66H53BN2O/c1-7-65(3,4)40-32-36-60-54(37-40)62-64(70-60)69(57-28-17-27-52-48-23-13-11-22-46(48)47-24-15-16-26-51(47)61(52)57)59-30-18-29-58-63(59)67(62)55-38-41(66(5,6)8-2)31-35-56(55)68(58)42-33-34-50-45-21-10-9-19-43(45)44-20-12-14-25-49(44)53(50)39-42/h9-39H,7-8H2,1-6H3. The van der Waals surface area contributed by atoms with Crippen molar-refractivity contribution in [3.8, 4) is 0 Å². The molecule has 4 heteroatoms. The van der Waals surface area contributed by atoms with Gasteiger partial charge in [0.05, 0.1) is 5.69 Å². The lowest BCUT2D eigenvalue weighted by atomic mass is 9.33. The van der Waals surface area contributed by atoms with Crippen molar-refractivity contribution in [3.05, 3.63) is 199 Å². The van der Waals surface area contributed by atoms with Crippen molar-refractivity contribution >= 4 is 133 Å². The maximum absolute atomic E-state index is 7.44. The molecule has 14 rings (SSSR count). The molecule has 2 aliphatic heterocycles. The summed E-state index contributed by atoms with van der Waals surface area (Å²) in [6, 6.07) is 71.1. The quantitative estimate of drug-likeness (QED) is 0.122. The Morgan fingerprint density at radius 1 is 0.386 bits per heavy atom. The van der Waals surface area contributed by atoms with Crippen LogP contribution < -0.4 is 26.2 Å². The van der Waals surface area contributed by atoms with Gasteiger partial charge in [-0.25, -0.2) is 0 Å². The first-order valence-corrected chi connectivity index (χ1v) is 25.2. The molecule has 12 aromatic rings. The van der Waals surface area contributed by atoms with Crippen LogP contribution in [0.25, 0.3) is 75.6 Å². The van der Waals surface area contributed by atoms with E-state index in [4.69, 9.17) is 4.42 Å². The Hall–Kier alpha value is -7.82. The molecular formula is C66H53BN2O. The molecule has 0 unspecified atom stereocenters. The van der Waals surface area contributed by atoms with Gasteiger partial charge in [-0.2, -0.15) is 0 Å². The Balaban J connectivity index is 1.12. The van der Waals surface area contributed by atoms with Crippen molar-refractivity contribution < 1.29 is 4.42 Å². The van der Waals surface area contributed by atoms with E-state index in [0.29, 0.717) is 0 Å². The van der Waals surface area contributed by atoms with E-state index in [0.717, 1.165) is 41.4 Å². The highest BCUT2D eigenvalue weighted by Crippen LogP contribution is 2.50. The smallest absolute Gasteiger partial charge is 0.257 e. The second kappa shape index (κ2) is 14.8. The number of rotatable bonds is 6. The van der Waals surface area contributed by atoms with E-state index < -0.39 is 0 Å². The zero-order valence-corrected chi connectivity index (χ0v) is 40.7. The molecule has 0 fully saturated rings. The van der Waals surface area contributed by atoms with Crippen LogP contribution in [0.15, 0.2) is 192 Å². The van der Waals surface area contributed by atoms with E-state index in [-0.39, 0.29) is 17.5 Å². The van der Waals surface area contributed by atoms with Crippen LogP contribution in [0.5, 0.6) is 0 Å². The number of fused-ring (bicyclic) bond motifs is 18. The van der Waals surface area contributed by atoms with E-state index >= 15 is 0 Å². The second-order valence-corrected chi connectivity index (χ2v) is 21.2. The molecule has 3 heterocycles. The van der Waals surface area contributed by atoms with Gasteiger partial charge in [-0.3, -0.25) is 4.90 Å². The Morgan fingerprint density at radius 3 is 1.46 bits per heavy atom. The molecule has 0 saturated carbocycles. The first kappa shape index (κ1) is 41.2. The molecule has 3 nitrogen and oxygen atoms in total. The average molecular weight is 901 g/mol. The number of anilines is 6. The van der Waals surface area contributed by atoms with E-state index in [2.05, 4.69) is 239 Å². The van der Waals surface area contributed by atoms with Gasteiger partial charge in [0.2, 0.25) is 5.88 Å². The third-order valence-electron chi connectivity index (χ3n) is 16.9. The molecule has 0 saturated heterocycles. The molecule has 70 heavy (non-hydrogen) atoms. The highest BCUT2D eigenvalue weighted by atomic mass is 16.4. The van der Waals surface area contributed by atoms with E-state index in [1.807, 2.05) is 0 Å². The minimum atomic E-state index is -0.102. The summed E-state index contributed by atoms with van der Waals surface area (Å²) in [6.45, 7) is 14.0. The van der Waals surface area contributed by atoms with Crippen molar-refractivity contribution in [1.82, 2.24) is 0 Å². The monoisotopic (exact) mass is 900 g/mol. The van der Waals surface area contributed by atoms with Gasteiger partial charge in [0, 0.05) is 39.0 Å². The fraction of sp³-hybridized carbons (Fsp3) is 0.152. The van der Waals surface area contributed by atoms with Gasteiger partial charge in [-0.05, 0) is 154 Å². The molecule has 0 N–H and O–H groups in total. The summed E-state index contributed by atoms with van der Waals surface area (Å²) in [6.07, 6.45) is 2.06. The third kappa shape index (κ3) is 5.65. The molecule has 2 aliphatic rings. The molecule has 11 aromatic carbocycles. The Bertz CT molecular complexity index is 4120. The first-order valence-electron chi connectivity index (χ1n) is 25.2. The minimum absolute atomic E-state index is 0.0173. The van der Waals surface area contributed by atoms with Crippen molar-refractivity contribution in [1.29, 1.82) is 0 Å². The minimum Gasteiger partial charge on any atom is -0.440 e. The number of benzene rings is 11. The Kier molecular flexibility index (Phi) is 8.73. The van der Waals surface area contributed by atoms with Crippen LogP contribution in [0.3, 0.4) is 0 Å². The highest BCUT2D eigenvalue weighted by Gasteiger charge is 2.47. The van der Waals surface area contributed by atoms with Gasteiger partial charge in [-0.1, -0.05) is 181 Å².